The number of likely N-dealkylation sites (tertiary alicyclic amines) is 1. The van der Waals surface area contributed by atoms with Crippen LogP contribution in [-0.2, 0) is 0 Å². The van der Waals surface area contributed by atoms with E-state index in [0.29, 0.717) is 5.69 Å². The lowest BCUT2D eigenvalue weighted by Crippen LogP contribution is -2.32. The van der Waals surface area contributed by atoms with Crippen LogP contribution < -0.4 is 0 Å². The summed E-state index contributed by atoms with van der Waals surface area (Å²) in [5, 5.41) is 2.04. The number of aromatic nitrogens is 1. The Labute approximate surface area is 113 Å². The van der Waals surface area contributed by atoms with E-state index >= 15 is 0 Å². The molecule has 19 heavy (non-hydrogen) atoms. The van der Waals surface area contributed by atoms with Crippen molar-refractivity contribution in [1.29, 1.82) is 0 Å². The lowest BCUT2D eigenvalue weighted by molar-refractivity contribution is 0.0758. The number of carbonyl (C=O) groups excluding carboxylic acids is 1. The average molecular weight is 254 g/mol. The van der Waals surface area contributed by atoms with Gasteiger partial charge in [-0.05, 0) is 24.3 Å². The molecule has 0 aliphatic carbocycles. The zero-order valence-corrected chi connectivity index (χ0v) is 11.0. The molecule has 0 radical (unpaired) electrons. The fraction of sp³-hybridized carbons (Fsp3) is 0.375. The number of hydrogen-bond acceptors (Lipinski definition) is 2. The van der Waals surface area contributed by atoms with Crippen molar-refractivity contribution in [3.63, 3.8) is 0 Å². The number of nitrogens with zero attached hydrogens (tertiary/aromatic N) is 2. The van der Waals surface area contributed by atoms with Crippen molar-refractivity contribution < 1.29 is 4.79 Å². The average Bonchev–Trinajstić information content (AvgIpc) is 2.75. The summed E-state index contributed by atoms with van der Waals surface area (Å²) >= 11 is 0. The Bertz CT molecular complexity index is 581. The Balaban J connectivity index is 1.96. The molecule has 2 heterocycles. The minimum absolute atomic E-state index is 0.0821. The number of carbonyl (C=O) groups is 1. The summed E-state index contributed by atoms with van der Waals surface area (Å²) in [4.78, 5) is 18.9. The van der Waals surface area contributed by atoms with Gasteiger partial charge < -0.3 is 4.90 Å². The van der Waals surface area contributed by atoms with Gasteiger partial charge in [-0.2, -0.15) is 0 Å². The highest BCUT2D eigenvalue weighted by atomic mass is 16.2. The second kappa shape index (κ2) is 5.39. The molecule has 1 fully saturated rings. The monoisotopic (exact) mass is 254 g/mol. The summed E-state index contributed by atoms with van der Waals surface area (Å²) in [6, 6.07) is 9.91. The summed E-state index contributed by atoms with van der Waals surface area (Å²) in [5.41, 5.74) is 0.597. The summed E-state index contributed by atoms with van der Waals surface area (Å²) in [6.07, 6.45) is 6.40. The molecular weight excluding hydrogens is 236 g/mol. The molecule has 3 nitrogen and oxygen atoms in total. The van der Waals surface area contributed by atoms with Gasteiger partial charge in [-0.15, -0.1) is 0 Å². The van der Waals surface area contributed by atoms with E-state index in [4.69, 9.17) is 0 Å². The molecule has 1 amide bonds. The maximum Gasteiger partial charge on any atom is 0.273 e. The zero-order chi connectivity index (χ0) is 13.1. The summed E-state index contributed by atoms with van der Waals surface area (Å²) < 4.78 is 0. The fourth-order valence-corrected chi connectivity index (χ4v) is 2.71. The first-order chi connectivity index (χ1) is 9.36. The van der Waals surface area contributed by atoms with Crippen LogP contribution >= 0.6 is 0 Å². The Kier molecular flexibility index (Phi) is 3.45. The molecule has 0 saturated carbocycles. The molecule has 3 rings (SSSR count). The van der Waals surface area contributed by atoms with Crippen LogP contribution in [0.1, 0.15) is 36.2 Å². The van der Waals surface area contributed by atoms with E-state index in [0.717, 1.165) is 36.7 Å². The molecular formula is C16H18N2O. The zero-order valence-electron chi connectivity index (χ0n) is 11.0. The van der Waals surface area contributed by atoms with Crippen molar-refractivity contribution in [1.82, 2.24) is 9.88 Å². The van der Waals surface area contributed by atoms with Gasteiger partial charge >= 0.3 is 0 Å². The predicted octanol–water partition coefficient (Wildman–Crippen LogP) is 3.25. The van der Waals surface area contributed by atoms with Crippen LogP contribution in [0.4, 0.5) is 0 Å². The van der Waals surface area contributed by atoms with Gasteiger partial charge in [0.15, 0.2) is 0 Å². The SMILES string of the molecule is O=C(c1nccc2ccccc12)N1CCCCCC1. The van der Waals surface area contributed by atoms with Crippen LogP contribution in [0.15, 0.2) is 36.5 Å². The van der Waals surface area contributed by atoms with Gasteiger partial charge in [0.05, 0.1) is 0 Å². The quantitative estimate of drug-likeness (QED) is 0.782. The maximum atomic E-state index is 12.6. The molecule has 0 spiro atoms. The number of pyridine rings is 1. The molecule has 0 bridgehead atoms. The second-order valence-electron chi connectivity index (χ2n) is 5.09. The third-order valence-electron chi connectivity index (χ3n) is 3.77. The molecule has 98 valence electrons. The number of hydrogen-bond donors (Lipinski definition) is 0. The van der Waals surface area contributed by atoms with E-state index in [1.165, 1.54) is 12.8 Å². The van der Waals surface area contributed by atoms with E-state index in [9.17, 15) is 4.79 Å². The highest BCUT2D eigenvalue weighted by Crippen LogP contribution is 2.19. The molecule has 1 aromatic heterocycles. The first-order valence-electron chi connectivity index (χ1n) is 6.99. The van der Waals surface area contributed by atoms with E-state index in [2.05, 4.69) is 4.98 Å². The van der Waals surface area contributed by atoms with Crippen molar-refractivity contribution >= 4 is 16.7 Å². The first kappa shape index (κ1) is 12.2. The normalized spacial score (nSPS) is 16.3. The minimum Gasteiger partial charge on any atom is -0.337 e. The number of rotatable bonds is 1. The molecule has 2 aromatic rings. The summed E-state index contributed by atoms with van der Waals surface area (Å²) in [7, 11) is 0. The van der Waals surface area contributed by atoms with Gasteiger partial charge in [0.1, 0.15) is 5.69 Å². The summed E-state index contributed by atoms with van der Waals surface area (Å²) in [6.45, 7) is 1.73. The van der Waals surface area contributed by atoms with Gasteiger partial charge in [-0.1, -0.05) is 37.1 Å². The van der Waals surface area contributed by atoms with Crippen molar-refractivity contribution in [2.75, 3.05) is 13.1 Å². The molecule has 1 saturated heterocycles. The van der Waals surface area contributed by atoms with Crippen LogP contribution in [0.2, 0.25) is 0 Å². The highest BCUT2D eigenvalue weighted by molar-refractivity contribution is 6.05. The van der Waals surface area contributed by atoms with Crippen LogP contribution in [0.5, 0.6) is 0 Å². The Morgan fingerprint density at radius 3 is 2.53 bits per heavy atom. The van der Waals surface area contributed by atoms with E-state index in [-0.39, 0.29) is 5.91 Å². The van der Waals surface area contributed by atoms with Crippen LogP contribution in [0, 0.1) is 0 Å². The van der Waals surface area contributed by atoms with Crippen molar-refractivity contribution in [3.05, 3.63) is 42.2 Å². The van der Waals surface area contributed by atoms with Crippen molar-refractivity contribution in [3.8, 4) is 0 Å². The molecule has 0 atom stereocenters. The largest absolute Gasteiger partial charge is 0.337 e. The first-order valence-corrected chi connectivity index (χ1v) is 6.99. The third-order valence-corrected chi connectivity index (χ3v) is 3.77. The lowest BCUT2D eigenvalue weighted by atomic mass is 10.1. The lowest BCUT2D eigenvalue weighted by Gasteiger charge is -2.20. The van der Waals surface area contributed by atoms with Crippen LogP contribution in [0.3, 0.4) is 0 Å². The molecule has 0 unspecified atom stereocenters. The molecule has 1 aliphatic rings. The standard InChI is InChI=1S/C16H18N2O/c19-16(18-11-5-1-2-6-12-18)15-14-8-4-3-7-13(14)9-10-17-15/h3-4,7-10H,1-2,5-6,11-12H2. The Morgan fingerprint density at radius 1 is 1.00 bits per heavy atom. The van der Waals surface area contributed by atoms with Gasteiger partial charge in [-0.25, -0.2) is 0 Å². The van der Waals surface area contributed by atoms with Gasteiger partial charge in [0, 0.05) is 24.7 Å². The fourth-order valence-electron chi connectivity index (χ4n) is 2.71. The van der Waals surface area contributed by atoms with Crippen molar-refractivity contribution in [2.24, 2.45) is 0 Å². The second-order valence-corrected chi connectivity index (χ2v) is 5.09. The predicted molar refractivity (Wildman–Crippen MR) is 76.1 cm³/mol. The van der Waals surface area contributed by atoms with Crippen LogP contribution in [0.25, 0.3) is 10.8 Å². The third kappa shape index (κ3) is 2.46. The topological polar surface area (TPSA) is 33.2 Å². The van der Waals surface area contributed by atoms with Gasteiger partial charge in [-0.3, -0.25) is 9.78 Å². The molecule has 1 aliphatic heterocycles. The van der Waals surface area contributed by atoms with E-state index < -0.39 is 0 Å². The Morgan fingerprint density at radius 2 is 1.74 bits per heavy atom. The molecule has 3 heteroatoms. The molecule has 1 aromatic carbocycles. The maximum absolute atomic E-state index is 12.6. The summed E-state index contributed by atoms with van der Waals surface area (Å²) in [5.74, 6) is 0.0821. The number of amides is 1. The van der Waals surface area contributed by atoms with Crippen molar-refractivity contribution in [2.45, 2.75) is 25.7 Å². The smallest absolute Gasteiger partial charge is 0.273 e. The Hall–Kier alpha value is -1.90. The number of fused-ring (bicyclic) bond motifs is 1. The van der Waals surface area contributed by atoms with Crippen LogP contribution in [-0.4, -0.2) is 28.9 Å². The molecule has 0 N–H and O–H groups in total. The van der Waals surface area contributed by atoms with E-state index in [1.54, 1.807) is 6.20 Å². The number of benzene rings is 1. The van der Waals surface area contributed by atoms with Gasteiger partial charge in [0.25, 0.3) is 5.91 Å². The van der Waals surface area contributed by atoms with Gasteiger partial charge in [0.2, 0.25) is 0 Å². The highest BCUT2D eigenvalue weighted by Gasteiger charge is 2.20. The minimum atomic E-state index is 0.0821. The van der Waals surface area contributed by atoms with E-state index in [1.807, 2.05) is 35.2 Å².